The largest absolute Gasteiger partial charge is 0.349 e. The van der Waals surface area contributed by atoms with Crippen molar-refractivity contribution in [2.75, 3.05) is 26.2 Å². The van der Waals surface area contributed by atoms with Gasteiger partial charge >= 0.3 is 0 Å². The number of hydrogen-bond donors (Lipinski definition) is 2. The highest BCUT2D eigenvalue weighted by Crippen LogP contribution is 2.28. The molecule has 6 nitrogen and oxygen atoms in total. The summed E-state index contributed by atoms with van der Waals surface area (Å²) in [5.41, 5.74) is 0. The quantitative estimate of drug-likeness (QED) is 0.844. The van der Waals surface area contributed by atoms with Crippen LogP contribution < -0.4 is 10.6 Å². The van der Waals surface area contributed by atoms with Crippen molar-refractivity contribution >= 4 is 27.3 Å². The normalized spacial score (nSPS) is 21.7. The summed E-state index contributed by atoms with van der Waals surface area (Å²) < 4.78 is 27.3. The number of nitrogens with zero attached hydrogens (tertiary/aromatic N) is 1. The van der Waals surface area contributed by atoms with Crippen LogP contribution in [0, 0.1) is 5.92 Å². The summed E-state index contributed by atoms with van der Waals surface area (Å²) in [5, 5.41) is 6.27. The monoisotopic (exact) mass is 371 g/mol. The second-order valence-electron chi connectivity index (χ2n) is 6.70. The van der Waals surface area contributed by atoms with Gasteiger partial charge in [0.15, 0.2) is 0 Å². The summed E-state index contributed by atoms with van der Waals surface area (Å²) in [7, 11) is -3.47. The number of sulfonamides is 1. The minimum atomic E-state index is -3.47. The molecule has 0 radical (unpaired) electrons. The summed E-state index contributed by atoms with van der Waals surface area (Å²) in [6.07, 6.45) is 3.61. The second kappa shape index (κ2) is 7.51. The van der Waals surface area contributed by atoms with E-state index < -0.39 is 10.0 Å². The third kappa shape index (κ3) is 3.99. The first kappa shape index (κ1) is 17.8. The van der Waals surface area contributed by atoms with Crippen LogP contribution in [0.25, 0.3) is 0 Å². The van der Waals surface area contributed by atoms with Gasteiger partial charge in [-0.15, -0.1) is 11.3 Å². The highest BCUT2D eigenvalue weighted by molar-refractivity contribution is 7.91. The van der Waals surface area contributed by atoms with Crippen LogP contribution in [0.3, 0.4) is 0 Å². The lowest BCUT2D eigenvalue weighted by Gasteiger charge is -2.28. The van der Waals surface area contributed by atoms with Gasteiger partial charge in [-0.1, -0.05) is 6.92 Å². The van der Waals surface area contributed by atoms with Crippen LogP contribution in [0.1, 0.15) is 42.3 Å². The van der Waals surface area contributed by atoms with Crippen molar-refractivity contribution in [1.29, 1.82) is 0 Å². The van der Waals surface area contributed by atoms with E-state index in [4.69, 9.17) is 0 Å². The molecule has 24 heavy (non-hydrogen) atoms. The fraction of sp³-hybridized carbons (Fsp3) is 0.688. The molecule has 2 fully saturated rings. The third-order valence-corrected chi connectivity index (χ3v) is 8.27. The Hall–Kier alpha value is -0.960. The van der Waals surface area contributed by atoms with Crippen LogP contribution in [-0.4, -0.2) is 50.9 Å². The maximum atomic E-state index is 12.7. The molecule has 0 saturated carbocycles. The zero-order valence-corrected chi connectivity index (χ0v) is 15.6. The topological polar surface area (TPSA) is 78.5 Å². The number of thiophene rings is 1. The van der Waals surface area contributed by atoms with E-state index >= 15 is 0 Å². The van der Waals surface area contributed by atoms with Crippen molar-refractivity contribution in [3.63, 3.8) is 0 Å². The van der Waals surface area contributed by atoms with Gasteiger partial charge in [0, 0.05) is 19.1 Å². The van der Waals surface area contributed by atoms with Gasteiger partial charge in [0.1, 0.15) is 4.21 Å². The number of carbonyl (C=O) groups excluding carboxylic acids is 1. The van der Waals surface area contributed by atoms with Crippen LogP contribution in [0.5, 0.6) is 0 Å². The van der Waals surface area contributed by atoms with Gasteiger partial charge in [-0.05, 0) is 56.8 Å². The minimum absolute atomic E-state index is 0.166. The molecular weight excluding hydrogens is 346 g/mol. The van der Waals surface area contributed by atoms with Gasteiger partial charge in [-0.25, -0.2) is 8.42 Å². The molecule has 8 heteroatoms. The summed E-state index contributed by atoms with van der Waals surface area (Å²) >= 11 is 1.07. The SMILES string of the molecule is CC1CCN(S(=O)(=O)c2ccc(C(=O)NC3CCNCC3)s2)CC1. The van der Waals surface area contributed by atoms with Crippen LogP contribution in [0.2, 0.25) is 0 Å². The van der Waals surface area contributed by atoms with Crippen molar-refractivity contribution in [1.82, 2.24) is 14.9 Å². The van der Waals surface area contributed by atoms with Crippen LogP contribution in [0.4, 0.5) is 0 Å². The first-order valence-corrected chi connectivity index (χ1v) is 10.8. The minimum Gasteiger partial charge on any atom is -0.349 e. The number of amides is 1. The maximum absolute atomic E-state index is 12.7. The van der Waals surface area contributed by atoms with E-state index in [-0.39, 0.29) is 16.2 Å². The molecule has 2 aliphatic rings. The Morgan fingerprint density at radius 3 is 2.54 bits per heavy atom. The Morgan fingerprint density at radius 1 is 1.21 bits per heavy atom. The Morgan fingerprint density at radius 2 is 1.88 bits per heavy atom. The van der Waals surface area contributed by atoms with Gasteiger partial charge in [-0.2, -0.15) is 4.31 Å². The van der Waals surface area contributed by atoms with Gasteiger partial charge in [0.05, 0.1) is 4.88 Å². The Kier molecular flexibility index (Phi) is 5.59. The zero-order valence-electron chi connectivity index (χ0n) is 14.0. The lowest BCUT2D eigenvalue weighted by Crippen LogP contribution is -2.42. The van der Waals surface area contributed by atoms with E-state index in [1.54, 1.807) is 16.4 Å². The summed E-state index contributed by atoms with van der Waals surface area (Å²) in [4.78, 5) is 12.8. The van der Waals surface area contributed by atoms with Crippen molar-refractivity contribution in [3.05, 3.63) is 17.0 Å². The smallest absolute Gasteiger partial charge is 0.261 e. The Balaban J connectivity index is 1.66. The number of nitrogens with one attached hydrogen (secondary N) is 2. The van der Waals surface area contributed by atoms with Crippen molar-refractivity contribution < 1.29 is 13.2 Å². The maximum Gasteiger partial charge on any atom is 0.261 e. The molecule has 0 spiro atoms. The number of hydrogen-bond acceptors (Lipinski definition) is 5. The molecule has 0 unspecified atom stereocenters. The van der Waals surface area contributed by atoms with Gasteiger partial charge in [0.25, 0.3) is 15.9 Å². The fourth-order valence-corrected chi connectivity index (χ4v) is 5.99. The molecule has 0 atom stereocenters. The van der Waals surface area contributed by atoms with Crippen LogP contribution in [0.15, 0.2) is 16.3 Å². The van der Waals surface area contributed by atoms with Gasteiger partial charge < -0.3 is 10.6 Å². The molecule has 1 aromatic heterocycles. The molecule has 134 valence electrons. The first-order chi connectivity index (χ1) is 11.5. The first-order valence-electron chi connectivity index (χ1n) is 8.58. The standard InChI is InChI=1S/C16H25N3O3S2/c1-12-6-10-19(11-7-12)24(21,22)15-3-2-14(23-15)16(20)18-13-4-8-17-9-5-13/h2-3,12-13,17H,4-11H2,1H3,(H,18,20). The summed E-state index contributed by atoms with van der Waals surface area (Å²) in [6.45, 7) is 5.10. The predicted molar refractivity (Wildman–Crippen MR) is 94.8 cm³/mol. The summed E-state index contributed by atoms with van der Waals surface area (Å²) in [6, 6.07) is 3.36. The molecular formula is C16H25N3O3S2. The number of rotatable bonds is 4. The van der Waals surface area contributed by atoms with E-state index in [9.17, 15) is 13.2 Å². The van der Waals surface area contributed by atoms with Crippen LogP contribution >= 0.6 is 11.3 Å². The molecule has 0 aromatic carbocycles. The van der Waals surface area contributed by atoms with E-state index in [0.29, 0.717) is 23.9 Å². The highest BCUT2D eigenvalue weighted by atomic mass is 32.2. The Bertz CT molecular complexity index is 672. The zero-order chi connectivity index (χ0) is 17.2. The third-order valence-electron chi connectivity index (χ3n) is 4.82. The number of carbonyl (C=O) groups is 1. The lowest BCUT2D eigenvalue weighted by molar-refractivity contribution is 0.0933. The van der Waals surface area contributed by atoms with E-state index in [1.807, 2.05) is 0 Å². The Labute approximate surface area is 147 Å². The van der Waals surface area contributed by atoms with E-state index in [1.165, 1.54) is 0 Å². The molecule has 3 heterocycles. The molecule has 2 aliphatic heterocycles. The highest BCUT2D eigenvalue weighted by Gasteiger charge is 2.30. The number of piperidine rings is 2. The molecule has 1 aromatic rings. The van der Waals surface area contributed by atoms with Crippen molar-refractivity contribution in [2.24, 2.45) is 5.92 Å². The van der Waals surface area contributed by atoms with Gasteiger partial charge in [0.2, 0.25) is 0 Å². The average Bonchev–Trinajstić information content (AvgIpc) is 3.07. The lowest BCUT2D eigenvalue weighted by atomic mass is 10.0. The van der Waals surface area contributed by atoms with Crippen molar-refractivity contribution in [2.45, 2.75) is 42.9 Å². The fourth-order valence-electron chi connectivity index (χ4n) is 3.16. The second-order valence-corrected chi connectivity index (χ2v) is 9.95. The molecule has 2 saturated heterocycles. The molecule has 3 rings (SSSR count). The molecule has 0 aliphatic carbocycles. The molecule has 1 amide bonds. The van der Waals surface area contributed by atoms with Crippen LogP contribution in [-0.2, 0) is 10.0 Å². The van der Waals surface area contributed by atoms with Crippen molar-refractivity contribution in [3.8, 4) is 0 Å². The average molecular weight is 372 g/mol. The van der Waals surface area contributed by atoms with Gasteiger partial charge in [-0.3, -0.25) is 4.79 Å². The predicted octanol–water partition coefficient (Wildman–Crippen LogP) is 1.65. The van der Waals surface area contributed by atoms with E-state index in [2.05, 4.69) is 17.6 Å². The molecule has 0 bridgehead atoms. The van der Waals surface area contributed by atoms with E-state index in [0.717, 1.165) is 50.1 Å². The molecule has 2 N–H and O–H groups in total. The summed E-state index contributed by atoms with van der Waals surface area (Å²) in [5.74, 6) is 0.409.